The summed E-state index contributed by atoms with van der Waals surface area (Å²) in [6.07, 6.45) is 1.80. The Morgan fingerprint density at radius 1 is 1.33 bits per heavy atom. The smallest absolute Gasteiger partial charge is 0.319 e. The van der Waals surface area contributed by atoms with E-state index in [4.69, 9.17) is 9.47 Å². The number of carbonyl (C=O) groups is 1. The number of aromatic nitrogens is 2. The van der Waals surface area contributed by atoms with Crippen molar-refractivity contribution in [3.05, 3.63) is 35.7 Å². The van der Waals surface area contributed by atoms with Crippen molar-refractivity contribution in [2.24, 2.45) is 7.05 Å². The zero-order valence-electron chi connectivity index (χ0n) is 14.1. The normalized spacial score (nSPS) is 13.0. The fourth-order valence-electron chi connectivity index (χ4n) is 2.64. The predicted molar refractivity (Wildman–Crippen MR) is 90.6 cm³/mol. The zero-order chi connectivity index (χ0) is 17.1. The molecular formula is C17H22N4O3. The summed E-state index contributed by atoms with van der Waals surface area (Å²) in [5.41, 5.74) is 2.47. The number of fused-ring (bicyclic) bond motifs is 1. The average Bonchev–Trinajstić information content (AvgIpc) is 2.93. The van der Waals surface area contributed by atoms with Crippen LogP contribution in [-0.4, -0.2) is 29.0 Å². The maximum atomic E-state index is 12.2. The van der Waals surface area contributed by atoms with Crippen molar-refractivity contribution in [2.45, 2.75) is 26.3 Å². The Morgan fingerprint density at radius 3 is 2.92 bits per heavy atom. The van der Waals surface area contributed by atoms with Gasteiger partial charge in [-0.25, -0.2) is 4.79 Å². The third-order valence-corrected chi connectivity index (χ3v) is 3.74. The summed E-state index contributed by atoms with van der Waals surface area (Å²) >= 11 is 0. The van der Waals surface area contributed by atoms with Crippen molar-refractivity contribution in [1.29, 1.82) is 0 Å². The lowest BCUT2D eigenvalue weighted by molar-refractivity contribution is 0.169. The third kappa shape index (κ3) is 3.45. The molecule has 0 spiro atoms. The number of hydrogen-bond donors (Lipinski definition) is 2. The third-order valence-electron chi connectivity index (χ3n) is 3.74. The minimum absolute atomic E-state index is 0.230. The van der Waals surface area contributed by atoms with Crippen molar-refractivity contribution in [2.75, 3.05) is 18.5 Å². The molecule has 1 aromatic heterocycles. The molecule has 7 nitrogen and oxygen atoms in total. The van der Waals surface area contributed by atoms with Gasteiger partial charge in [0, 0.05) is 25.4 Å². The Labute approximate surface area is 140 Å². The second-order valence-corrected chi connectivity index (χ2v) is 6.01. The summed E-state index contributed by atoms with van der Waals surface area (Å²) in [6, 6.07) is 5.39. The highest BCUT2D eigenvalue weighted by Crippen LogP contribution is 2.33. The van der Waals surface area contributed by atoms with Crippen LogP contribution in [0.2, 0.25) is 0 Å². The zero-order valence-corrected chi connectivity index (χ0v) is 14.1. The Balaban J connectivity index is 1.65. The number of urea groups is 1. The number of carbonyl (C=O) groups excluding carboxylic acids is 1. The lowest BCUT2D eigenvalue weighted by Gasteiger charge is -2.21. The minimum atomic E-state index is -0.278. The van der Waals surface area contributed by atoms with E-state index in [1.807, 2.05) is 39.1 Å². The van der Waals surface area contributed by atoms with Crippen LogP contribution in [0.4, 0.5) is 10.5 Å². The van der Waals surface area contributed by atoms with E-state index in [1.54, 1.807) is 10.9 Å². The minimum Gasteiger partial charge on any atom is -0.486 e. The van der Waals surface area contributed by atoms with E-state index in [2.05, 4.69) is 15.7 Å². The Bertz CT molecular complexity index is 739. The number of ether oxygens (including phenoxy) is 2. The molecule has 2 N–H and O–H groups in total. The quantitative estimate of drug-likeness (QED) is 0.903. The van der Waals surface area contributed by atoms with Gasteiger partial charge in [0.15, 0.2) is 11.5 Å². The molecule has 2 amide bonds. The van der Waals surface area contributed by atoms with Gasteiger partial charge in [0.05, 0.1) is 11.4 Å². The van der Waals surface area contributed by atoms with Crippen LogP contribution in [0.1, 0.15) is 31.0 Å². The highest BCUT2D eigenvalue weighted by molar-refractivity contribution is 5.89. The summed E-state index contributed by atoms with van der Waals surface area (Å²) in [4.78, 5) is 12.2. The molecule has 128 valence electrons. The summed E-state index contributed by atoms with van der Waals surface area (Å²) in [7, 11) is 1.84. The number of para-hydroxylation sites is 1. The van der Waals surface area contributed by atoms with Crippen LogP contribution < -0.4 is 20.1 Å². The van der Waals surface area contributed by atoms with Crippen LogP contribution >= 0.6 is 0 Å². The van der Waals surface area contributed by atoms with Gasteiger partial charge in [0.25, 0.3) is 0 Å². The van der Waals surface area contributed by atoms with Gasteiger partial charge in [-0.2, -0.15) is 5.10 Å². The van der Waals surface area contributed by atoms with Crippen LogP contribution in [0.25, 0.3) is 0 Å². The molecule has 0 aliphatic carbocycles. The topological polar surface area (TPSA) is 77.4 Å². The maximum Gasteiger partial charge on any atom is 0.319 e. The van der Waals surface area contributed by atoms with Gasteiger partial charge in [0.1, 0.15) is 13.2 Å². The first-order chi connectivity index (χ1) is 11.5. The van der Waals surface area contributed by atoms with Crippen molar-refractivity contribution in [1.82, 2.24) is 15.1 Å². The van der Waals surface area contributed by atoms with Crippen molar-refractivity contribution < 1.29 is 14.3 Å². The molecule has 2 aromatic rings. The molecule has 7 heteroatoms. The van der Waals surface area contributed by atoms with Crippen LogP contribution in [0.15, 0.2) is 24.4 Å². The van der Waals surface area contributed by atoms with E-state index < -0.39 is 0 Å². The number of benzene rings is 1. The van der Waals surface area contributed by atoms with Crippen LogP contribution in [0, 0.1) is 0 Å². The first-order valence-electron chi connectivity index (χ1n) is 8.00. The molecule has 0 saturated carbocycles. The first kappa shape index (κ1) is 16.2. The van der Waals surface area contributed by atoms with E-state index in [0.717, 1.165) is 22.7 Å². The van der Waals surface area contributed by atoms with Crippen molar-refractivity contribution in [3.63, 3.8) is 0 Å². The fraction of sp³-hybridized carbons (Fsp3) is 0.412. The van der Waals surface area contributed by atoms with Gasteiger partial charge < -0.3 is 20.1 Å². The number of hydrogen-bond acceptors (Lipinski definition) is 4. The number of nitrogens with zero attached hydrogens (tertiary/aromatic N) is 2. The SMILES string of the molecule is CC(C)c1nn(C)cc1NC(=O)NCc1cccc2c1OCCO2. The molecule has 0 unspecified atom stereocenters. The van der Waals surface area contributed by atoms with Crippen LogP contribution in [-0.2, 0) is 13.6 Å². The number of rotatable bonds is 4. The van der Waals surface area contributed by atoms with Crippen molar-refractivity contribution in [3.8, 4) is 11.5 Å². The van der Waals surface area contributed by atoms with E-state index in [9.17, 15) is 4.79 Å². The molecule has 1 aliphatic heterocycles. The Kier molecular flexibility index (Phi) is 4.59. The Morgan fingerprint density at radius 2 is 2.12 bits per heavy atom. The fourth-order valence-corrected chi connectivity index (χ4v) is 2.64. The van der Waals surface area contributed by atoms with E-state index in [1.165, 1.54) is 0 Å². The number of nitrogens with one attached hydrogen (secondary N) is 2. The molecule has 0 radical (unpaired) electrons. The molecule has 3 rings (SSSR count). The molecule has 2 heterocycles. The summed E-state index contributed by atoms with van der Waals surface area (Å²) in [5, 5.41) is 10.1. The molecular weight excluding hydrogens is 308 g/mol. The van der Waals surface area contributed by atoms with E-state index in [-0.39, 0.29) is 11.9 Å². The molecule has 0 bridgehead atoms. The largest absolute Gasteiger partial charge is 0.486 e. The van der Waals surface area contributed by atoms with E-state index >= 15 is 0 Å². The lowest BCUT2D eigenvalue weighted by Crippen LogP contribution is -2.29. The van der Waals surface area contributed by atoms with Gasteiger partial charge in [-0.15, -0.1) is 0 Å². The van der Waals surface area contributed by atoms with Gasteiger partial charge >= 0.3 is 6.03 Å². The van der Waals surface area contributed by atoms with Gasteiger partial charge in [-0.3, -0.25) is 4.68 Å². The molecule has 0 saturated heterocycles. The van der Waals surface area contributed by atoms with Gasteiger partial charge in [-0.1, -0.05) is 26.0 Å². The number of aryl methyl sites for hydroxylation is 1. The van der Waals surface area contributed by atoms with Crippen LogP contribution in [0.3, 0.4) is 0 Å². The lowest BCUT2D eigenvalue weighted by atomic mass is 10.1. The van der Waals surface area contributed by atoms with Crippen molar-refractivity contribution >= 4 is 11.7 Å². The summed E-state index contributed by atoms with van der Waals surface area (Å²) < 4.78 is 12.9. The summed E-state index contributed by atoms with van der Waals surface area (Å²) in [5.74, 6) is 1.65. The molecule has 0 atom stereocenters. The standard InChI is InChI=1S/C17H22N4O3/c1-11(2)15-13(10-21(3)20-15)19-17(22)18-9-12-5-4-6-14-16(12)24-8-7-23-14/h4-6,10-11H,7-9H2,1-3H3,(H2,18,19,22). The monoisotopic (exact) mass is 330 g/mol. The molecule has 1 aliphatic rings. The Hall–Kier alpha value is -2.70. The average molecular weight is 330 g/mol. The number of anilines is 1. The second-order valence-electron chi connectivity index (χ2n) is 6.01. The predicted octanol–water partition coefficient (Wildman–Crippen LogP) is 2.64. The summed E-state index contributed by atoms with van der Waals surface area (Å²) in [6.45, 7) is 5.50. The van der Waals surface area contributed by atoms with E-state index in [0.29, 0.717) is 25.5 Å². The highest BCUT2D eigenvalue weighted by Gasteiger charge is 2.17. The highest BCUT2D eigenvalue weighted by atomic mass is 16.6. The maximum absolute atomic E-state index is 12.2. The molecule has 0 fully saturated rings. The molecule has 1 aromatic carbocycles. The number of amides is 2. The van der Waals surface area contributed by atoms with Gasteiger partial charge in [-0.05, 0) is 12.0 Å². The molecule has 24 heavy (non-hydrogen) atoms. The van der Waals surface area contributed by atoms with Crippen LogP contribution in [0.5, 0.6) is 11.5 Å². The first-order valence-corrected chi connectivity index (χ1v) is 8.00. The second kappa shape index (κ2) is 6.82. The van der Waals surface area contributed by atoms with Gasteiger partial charge in [0.2, 0.25) is 0 Å².